The Morgan fingerprint density at radius 3 is 2.38 bits per heavy atom. The summed E-state index contributed by atoms with van der Waals surface area (Å²) < 4.78 is 0. The highest BCUT2D eigenvalue weighted by Crippen LogP contribution is 2.37. The Kier molecular flexibility index (Phi) is 3.23. The molecule has 1 aliphatic rings. The molecule has 0 saturated heterocycles. The zero-order chi connectivity index (χ0) is 9.90. The summed E-state index contributed by atoms with van der Waals surface area (Å²) in [5.41, 5.74) is -0.148. The lowest BCUT2D eigenvalue weighted by atomic mass is 9.71. The first-order valence-electron chi connectivity index (χ1n) is 5.10. The Hall–Kier alpha value is -0.660. The van der Waals surface area contributed by atoms with E-state index in [0.717, 1.165) is 32.0 Å². The van der Waals surface area contributed by atoms with Gasteiger partial charge in [0.2, 0.25) is 0 Å². The van der Waals surface area contributed by atoms with Crippen LogP contribution in [0.1, 0.15) is 46.0 Å². The van der Waals surface area contributed by atoms with Gasteiger partial charge < -0.3 is 4.79 Å². The first kappa shape index (κ1) is 10.4. The van der Waals surface area contributed by atoms with Gasteiger partial charge in [-0.3, -0.25) is 4.79 Å². The monoisotopic (exact) mass is 182 g/mol. The van der Waals surface area contributed by atoms with E-state index >= 15 is 0 Å². The maximum atomic E-state index is 11.4. The minimum Gasteiger partial charge on any atom is -0.303 e. The predicted octanol–water partition coefficient (Wildman–Crippen LogP) is 2.36. The zero-order valence-electron chi connectivity index (χ0n) is 8.51. The molecular formula is C11H18O2. The van der Waals surface area contributed by atoms with E-state index in [1.807, 2.05) is 13.8 Å². The second-order valence-corrected chi connectivity index (χ2v) is 4.37. The number of carbonyl (C=O) groups is 2. The van der Waals surface area contributed by atoms with Crippen LogP contribution in [0.5, 0.6) is 0 Å². The third kappa shape index (κ3) is 2.39. The van der Waals surface area contributed by atoms with Gasteiger partial charge in [-0.25, -0.2) is 0 Å². The number of carbonyl (C=O) groups excluding carboxylic acids is 2. The smallest absolute Gasteiger partial charge is 0.135 e. The lowest BCUT2D eigenvalue weighted by Gasteiger charge is -2.32. The Balaban J connectivity index is 2.47. The van der Waals surface area contributed by atoms with E-state index in [4.69, 9.17) is 0 Å². The van der Waals surface area contributed by atoms with Crippen LogP contribution in [0.4, 0.5) is 0 Å². The van der Waals surface area contributed by atoms with E-state index in [-0.39, 0.29) is 11.3 Å². The van der Waals surface area contributed by atoms with Crippen molar-refractivity contribution in [2.75, 3.05) is 0 Å². The minimum absolute atomic E-state index is 0.148. The molecule has 1 aliphatic carbocycles. The quantitative estimate of drug-likeness (QED) is 0.628. The van der Waals surface area contributed by atoms with Crippen molar-refractivity contribution in [3.63, 3.8) is 0 Å². The van der Waals surface area contributed by atoms with Crippen LogP contribution in [0.15, 0.2) is 0 Å². The van der Waals surface area contributed by atoms with Gasteiger partial charge in [-0.2, -0.15) is 0 Å². The van der Waals surface area contributed by atoms with E-state index < -0.39 is 0 Å². The van der Waals surface area contributed by atoms with Gasteiger partial charge in [0.15, 0.2) is 0 Å². The molecule has 0 aromatic rings. The highest BCUT2D eigenvalue weighted by atomic mass is 16.1. The van der Waals surface area contributed by atoms with Crippen molar-refractivity contribution in [3.05, 3.63) is 0 Å². The minimum atomic E-state index is -0.148. The molecule has 1 saturated carbocycles. The Labute approximate surface area is 79.7 Å². The topological polar surface area (TPSA) is 34.1 Å². The van der Waals surface area contributed by atoms with Gasteiger partial charge in [-0.1, -0.05) is 13.8 Å². The van der Waals surface area contributed by atoms with Gasteiger partial charge in [0.05, 0.1) is 0 Å². The lowest BCUT2D eigenvalue weighted by Crippen LogP contribution is -2.29. The molecule has 2 heteroatoms. The van der Waals surface area contributed by atoms with Crippen LogP contribution in [0.2, 0.25) is 0 Å². The van der Waals surface area contributed by atoms with Crippen molar-refractivity contribution in [1.29, 1.82) is 0 Å². The fraction of sp³-hybridized carbons (Fsp3) is 0.818. The Bertz CT molecular complexity index is 200. The molecule has 2 nitrogen and oxygen atoms in total. The molecule has 1 rings (SSSR count). The maximum absolute atomic E-state index is 11.4. The van der Waals surface area contributed by atoms with Crippen molar-refractivity contribution in [1.82, 2.24) is 0 Å². The predicted molar refractivity (Wildman–Crippen MR) is 51.4 cm³/mol. The van der Waals surface area contributed by atoms with Crippen molar-refractivity contribution in [3.8, 4) is 0 Å². The normalized spacial score (nSPS) is 34.2. The van der Waals surface area contributed by atoms with Crippen LogP contribution in [-0.4, -0.2) is 12.1 Å². The second kappa shape index (κ2) is 4.03. The number of Topliss-reactive ketones (excluding diaryl/α,β-unsaturated/α-hetero) is 1. The summed E-state index contributed by atoms with van der Waals surface area (Å²) in [6.45, 7) is 3.91. The standard InChI is InChI=1S/C11H18O2/c1-3-10(13)9-4-6-11(2,8-12)7-5-9/h8-9H,3-7H2,1-2H3. The van der Waals surface area contributed by atoms with Crippen LogP contribution in [-0.2, 0) is 9.59 Å². The fourth-order valence-electron chi connectivity index (χ4n) is 2.01. The summed E-state index contributed by atoms with van der Waals surface area (Å²) >= 11 is 0. The first-order valence-corrected chi connectivity index (χ1v) is 5.10. The van der Waals surface area contributed by atoms with Gasteiger partial charge in [-0.15, -0.1) is 0 Å². The van der Waals surface area contributed by atoms with Gasteiger partial charge in [-0.05, 0) is 25.7 Å². The molecule has 0 aliphatic heterocycles. The molecule has 0 heterocycles. The number of aldehydes is 1. The molecule has 0 N–H and O–H groups in total. The lowest BCUT2D eigenvalue weighted by molar-refractivity contribution is -0.126. The molecule has 0 radical (unpaired) electrons. The fourth-order valence-corrected chi connectivity index (χ4v) is 2.01. The molecule has 0 spiro atoms. The van der Waals surface area contributed by atoms with E-state index in [2.05, 4.69) is 0 Å². The first-order chi connectivity index (χ1) is 6.11. The van der Waals surface area contributed by atoms with Crippen molar-refractivity contribution >= 4 is 12.1 Å². The van der Waals surface area contributed by atoms with E-state index in [9.17, 15) is 9.59 Å². The van der Waals surface area contributed by atoms with Crippen molar-refractivity contribution < 1.29 is 9.59 Å². The molecular weight excluding hydrogens is 164 g/mol. The van der Waals surface area contributed by atoms with E-state index in [1.165, 1.54) is 0 Å². The summed E-state index contributed by atoms with van der Waals surface area (Å²) in [6, 6.07) is 0. The molecule has 1 fully saturated rings. The average Bonchev–Trinajstić information content (AvgIpc) is 2.18. The largest absolute Gasteiger partial charge is 0.303 e. The molecule has 0 amide bonds. The SMILES string of the molecule is CCC(=O)C1CCC(C)(C=O)CC1. The number of rotatable bonds is 3. The molecule has 0 atom stereocenters. The van der Waals surface area contributed by atoms with Crippen molar-refractivity contribution in [2.24, 2.45) is 11.3 Å². The Morgan fingerprint density at radius 2 is 2.00 bits per heavy atom. The Morgan fingerprint density at radius 1 is 1.46 bits per heavy atom. The van der Waals surface area contributed by atoms with Gasteiger partial charge in [0.1, 0.15) is 12.1 Å². The van der Waals surface area contributed by atoms with Crippen LogP contribution in [0.3, 0.4) is 0 Å². The van der Waals surface area contributed by atoms with Crippen LogP contribution < -0.4 is 0 Å². The van der Waals surface area contributed by atoms with Gasteiger partial charge in [0.25, 0.3) is 0 Å². The third-order valence-electron chi connectivity index (χ3n) is 3.22. The molecule has 74 valence electrons. The average molecular weight is 182 g/mol. The number of hydrogen-bond donors (Lipinski definition) is 0. The van der Waals surface area contributed by atoms with Crippen LogP contribution in [0, 0.1) is 11.3 Å². The van der Waals surface area contributed by atoms with Gasteiger partial charge in [0, 0.05) is 17.8 Å². The van der Waals surface area contributed by atoms with E-state index in [0.29, 0.717) is 12.2 Å². The summed E-state index contributed by atoms with van der Waals surface area (Å²) in [5, 5.41) is 0. The molecule has 0 bridgehead atoms. The van der Waals surface area contributed by atoms with Crippen LogP contribution >= 0.6 is 0 Å². The number of hydrogen-bond acceptors (Lipinski definition) is 2. The highest BCUT2D eigenvalue weighted by molar-refractivity contribution is 5.81. The molecule has 0 unspecified atom stereocenters. The summed E-state index contributed by atoms with van der Waals surface area (Å²) in [5.74, 6) is 0.603. The van der Waals surface area contributed by atoms with Crippen molar-refractivity contribution in [2.45, 2.75) is 46.0 Å². The number of ketones is 1. The zero-order valence-corrected chi connectivity index (χ0v) is 8.51. The second-order valence-electron chi connectivity index (χ2n) is 4.37. The third-order valence-corrected chi connectivity index (χ3v) is 3.22. The molecule has 0 aromatic carbocycles. The highest BCUT2D eigenvalue weighted by Gasteiger charge is 2.32. The van der Waals surface area contributed by atoms with E-state index in [1.54, 1.807) is 0 Å². The van der Waals surface area contributed by atoms with Gasteiger partial charge >= 0.3 is 0 Å². The van der Waals surface area contributed by atoms with Crippen LogP contribution in [0.25, 0.3) is 0 Å². The molecule has 13 heavy (non-hydrogen) atoms. The summed E-state index contributed by atoms with van der Waals surface area (Å²) in [4.78, 5) is 22.1. The summed E-state index contributed by atoms with van der Waals surface area (Å²) in [7, 11) is 0. The molecule has 0 aromatic heterocycles. The maximum Gasteiger partial charge on any atom is 0.135 e. The summed E-state index contributed by atoms with van der Waals surface area (Å²) in [6.07, 6.45) is 5.27.